The van der Waals surface area contributed by atoms with E-state index in [1.54, 1.807) is 24.5 Å². The molecule has 1 amide bonds. The molecule has 0 aliphatic rings. The number of carbonyl (C=O) groups excluding carboxylic acids is 1. The lowest BCUT2D eigenvalue weighted by atomic mass is 10.0. The number of aliphatic hydroxyl groups excluding tert-OH is 1. The molecule has 118 valence electrons. The molecule has 1 aromatic carbocycles. The second-order valence-electron chi connectivity index (χ2n) is 5.41. The molecule has 23 heavy (non-hydrogen) atoms. The molecule has 0 bridgehead atoms. The molecular formula is C18H19N3O2. The first-order valence-corrected chi connectivity index (χ1v) is 7.64. The third-order valence-electron chi connectivity index (χ3n) is 3.94. The van der Waals surface area contributed by atoms with Crippen LogP contribution in [0.2, 0.25) is 0 Å². The van der Waals surface area contributed by atoms with Crippen LogP contribution < -0.4 is 5.32 Å². The fourth-order valence-electron chi connectivity index (χ4n) is 2.51. The van der Waals surface area contributed by atoms with Gasteiger partial charge in [-0.05, 0) is 29.7 Å². The molecule has 5 nitrogen and oxygen atoms in total. The molecule has 0 saturated heterocycles. The first-order chi connectivity index (χ1) is 11.2. The van der Waals surface area contributed by atoms with Crippen LogP contribution >= 0.6 is 0 Å². The molecule has 3 rings (SSSR count). The molecule has 1 unspecified atom stereocenters. The molecule has 0 aliphatic heterocycles. The van der Waals surface area contributed by atoms with Crippen molar-refractivity contribution in [1.82, 2.24) is 14.7 Å². The second kappa shape index (κ2) is 6.62. The summed E-state index contributed by atoms with van der Waals surface area (Å²) in [6.45, 7) is 1.94. The Labute approximate surface area is 134 Å². The van der Waals surface area contributed by atoms with Gasteiger partial charge in [-0.15, -0.1) is 0 Å². The number of aromatic nitrogens is 2. The van der Waals surface area contributed by atoms with E-state index < -0.39 is 6.04 Å². The maximum Gasteiger partial charge on any atom is 0.252 e. The van der Waals surface area contributed by atoms with Gasteiger partial charge in [0.05, 0.1) is 12.6 Å². The highest BCUT2D eigenvalue weighted by atomic mass is 16.3. The summed E-state index contributed by atoms with van der Waals surface area (Å²) < 4.78 is 1.84. The minimum Gasteiger partial charge on any atom is -0.394 e. The third kappa shape index (κ3) is 3.24. The molecule has 0 fully saturated rings. The normalized spacial score (nSPS) is 12.3. The highest BCUT2D eigenvalue weighted by molar-refractivity contribution is 5.95. The van der Waals surface area contributed by atoms with Crippen molar-refractivity contribution in [1.29, 1.82) is 0 Å². The van der Waals surface area contributed by atoms with Crippen LogP contribution in [-0.2, 0) is 6.42 Å². The van der Waals surface area contributed by atoms with Gasteiger partial charge in [-0.25, -0.2) is 4.98 Å². The van der Waals surface area contributed by atoms with E-state index in [1.807, 2.05) is 34.9 Å². The smallest absolute Gasteiger partial charge is 0.252 e. The highest BCUT2D eigenvalue weighted by Gasteiger charge is 2.15. The Balaban J connectivity index is 1.78. The molecule has 1 atom stereocenters. The van der Waals surface area contributed by atoms with Crippen molar-refractivity contribution in [2.24, 2.45) is 0 Å². The van der Waals surface area contributed by atoms with E-state index in [0.717, 1.165) is 12.0 Å². The van der Waals surface area contributed by atoms with Gasteiger partial charge in [-0.2, -0.15) is 0 Å². The minimum absolute atomic E-state index is 0.150. The quantitative estimate of drug-likeness (QED) is 0.760. The predicted molar refractivity (Wildman–Crippen MR) is 88.3 cm³/mol. The van der Waals surface area contributed by atoms with E-state index in [2.05, 4.69) is 17.2 Å². The molecule has 0 radical (unpaired) electrons. The Kier molecular flexibility index (Phi) is 4.39. The molecule has 2 heterocycles. The molecule has 0 aliphatic carbocycles. The van der Waals surface area contributed by atoms with Gasteiger partial charge in [0, 0.05) is 24.2 Å². The van der Waals surface area contributed by atoms with E-state index in [4.69, 9.17) is 0 Å². The van der Waals surface area contributed by atoms with Gasteiger partial charge in [-0.3, -0.25) is 4.79 Å². The molecular weight excluding hydrogens is 290 g/mol. The largest absolute Gasteiger partial charge is 0.394 e. The number of carbonyl (C=O) groups is 1. The lowest BCUT2D eigenvalue weighted by molar-refractivity contribution is 0.0916. The van der Waals surface area contributed by atoms with Crippen molar-refractivity contribution in [3.63, 3.8) is 0 Å². The number of rotatable bonds is 5. The average molecular weight is 309 g/mol. The summed E-state index contributed by atoms with van der Waals surface area (Å²) in [4.78, 5) is 16.6. The van der Waals surface area contributed by atoms with Gasteiger partial charge in [0.1, 0.15) is 5.65 Å². The van der Waals surface area contributed by atoms with Crippen molar-refractivity contribution >= 4 is 11.6 Å². The lowest BCUT2D eigenvalue weighted by Crippen LogP contribution is -2.30. The second-order valence-corrected chi connectivity index (χ2v) is 5.41. The van der Waals surface area contributed by atoms with E-state index in [9.17, 15) is 9.90 Å². The summed E-state index contributed by atoms with van der Waals surface area (Å²) in [5.74, 6) is -0.228. The summed E-state index contributed by atoms with van der Waals surface area (Å²) in [6, 6.07) is 10.9. The number of amides is 1. The van der Waals surface area contributed by atoms with E-state index >= 15 is 0 Å². The van der Waals surface area contributed by atoms with E-state index in [1.165, 1.54) is 5.56 Å². The average Bonchev–Trinajstić information content (AvgIpc) is 3.07. The van der Waals surface area contributed by atoms with Crippen LogP contribution in [0.1, 0.15) is 34.5 Å². The number of nitrogens with one attached hydrogen (secondary N) is 1. The van der Waals surface area contributed by atoms with Gasteiger partial charge >= 0.3 is 0 Å². The zero-order chi connectivity index (χ0) is 16.2. The zero-order valence-electron chi connectivity index (χ0n) is 12.9. The van der Waals surface area contributed by atoms with Gasteiger partial charge in [0.25, 0.3) is 5.91 Å². The molecule has 3 aromatic rings. The summed E-state index contributed by atoms with van der Waals surface area (Å²) in [5.41, 5.74) is 3.35. The lowest BCUT2D eigenvalue weighted by Gasteiger charge is -2.17. The Hall–Kier alpha value is -2.66. The number of hydrogen-bond acceptors (Lipinski definition) is 3. The summed E-state index contributed by atoms with van der Waals surface area (Å²) in [6.07, 6.45) is 6.26. The standard InChI is InChI=1S/C18H19N3O2/c1-2-13-3-5-14(6-4-13)16(12-22)20-18(23)15-7-9-21-10-8-19-17(21)11-15/h3-11,16,22H,2,12H2,1H3,(H,20,23). The first kappa shape index (κ1) is 15.2. The van der Waals surface area contributed by atoms with Gasteiger partial charge in [0.15, 0.2) is 0 Å². The first-order valence-electron chi connectivity index (χ1n) is 7.64. The van der Waals surface area contributed by atoms with Gasteiger partial charge < -0.3 is 14.8 Å². The minimum atomic E-state index is -0.427. The number of imidazole rings is 1. The maximum atomic E-state index is 12.4. The Morgan fingerprint density at radius 3 is 2.74 bits per heavy atom. The number of fused-ring (bicyclic) bond motifs is 1. The van der Waals surface area contributed by atoms with E-state index in [-0.39, 0.29) is 12.5 Å². The number of hydrogen-bond donors (Lipinski definition) is 2. The summed E-state index contributed by atoms with van der Waals surface area (Å²) in [5, 5.41) is 12.5. The van der Waals surface area contributed by atoms with Crippen molar-refractivity contribution in [3.05, 3.63) is 71.7 Å². The van der Waals surface area contributed by atoms with Crippen LogP contribution in [0.15, 0.2) is 55.0 Å². The number of benzene rings is 1. The van der Waals surface area contributed by atoms with Crippen LogP contribution in [0, 0.1) is 0 Å². The van der Waals surface area contributed by atoms with Crippen LogP contribution in [0.3, 0.4) is 0 Å². The van der Waals surface area contributed by atoms with Crippen molar-refractivity contribution in [3.8, 4) is 0 Å². The number of nitrogens with zero attached hydrogens (tertiary/aromatic N) is 2. The van der Waals surface area contributed by atoms with Crippen LogP contribution in [0.25, 0.3) is 5.65 Å². The molecule has 5 heteroatoms. The summed E-state index contributed by atoms with van der Waals surface area (Å²) in [7, 11) is 0. The third-order valence-corrected chi connectivity index (χ3v) is 3.94. The van der Waals surface area contributed by atoms with Gasteiger partial charge in [-0.1, -0.05) is 31.2 Å². The van der Waals surface area contributed by atoms with E-state index in [0.29, 0.717) is 11.2 Å². The Morgan fingerprint density at radius 1 is 1.26 bits per heavy atom. The van der Waals surface area contributed by atoms with Gasteiger partial charge in [0.2, 0.25) is 0 Å². The predicted octanol–water partition coefficient (Wildman–Crippen LogP) is 2.36. The molecule has 2 N–H and O–H groups in total. The summed E-state index contributed by atoms with van der Waals surface area (Å²) >= 11 is 0. The topological polar surface area (TPSA) is 66.6 Å². The Bertz CT molecular complexity index is 809. The fraction of sp³-hybridized carbons (Fsp3) is 0.222. The van der Waals surface area contributed by atoms with Crippen molar-refractivity contribution < 1.29 is 9.90 Å². The van der Waals surface area contributed by atoms with Crippen molar-refractivity contribution in [2.45, 2.75) is 19.4 Å². The zero-order valence-corrected chi connectivity index (χ0v) is 12.9. The highest BCUT2D eigenvalue weighted by Crippen LogP contribution is 2.15. The number of aryl methyl sites for hydroxylation is 1. The van der Waals surface area contributed by atoms with Crippen LogP contribution in [-0.4, -0.2) is 27.0 Å². The molecule has 0 spiro atoms. The monoisotopic (exact) mass is 309 g/mol. The molecule has 2 aromatic heterocycles. The molecule has 0 saturated carbocycles. The SMILES string of the molecule is CCc1ccc(C(CO)NC(=O)c2ccn3ccnc3c2)cc1. The fourth-order valence-corrected chi connectivity index (χ4v) is 2.51. The van der Waals surface area contributed by atoms with Crippen molar-refractivity contribution in [2.75, 3.05) is 6.61 Å². The Morgan fingerprint density at radius 2 is 2.04 bits per heavy atom. The maximum absolute atomic E-state index is 12.4. The van der Waals surface area contributed by atoms with Crippen LogP contribution in [0.4, 0.5) is 0 Å². The number of pyridine rings is 1. The number of aliphatic hydroxyl groups is 1. The van der Waals surface area contributed by atoms with Crippen LogP contribution in [0.5, 0.6) is 0 Å².